The fraction of sp³-hybridized carbons (Fsp3) is 0.467. The first-order chi connectivity index (χ1) is 9.13. The van der Waals surface area contributed by atoms with E-state index in [0.29, 0.717) is 19.4 Å². The molecule has 1 fully saturated rings. The molecule has 1 saturated heterocycles. The van der Waals surface area contributed by atoms with Crippen LogP contribution in [0.1, 0.15) is 31.7 Å². The summed E-state index contributed by atoms with van der Waals surface area (Å²) in [5.74, 6) is -0.0197. The molecular formula is C15H20N2O2. The summed E-state index contributed by atoms with van der Waals surface area (Å²) in [6.07, 6.45) is 1.94. The van der Waals surface area contributed by atoms with E-state index in [-0.39, 0.29) is 17.9 Å². The number of carbonyl (C=O) groups excluding carboxylic acids is 2. The molecule has 2 amide bonds. The maximum Gasteiger partial charge on any atom is 0.243 e. The number of hydrogen-bond donors (Lipinski definition) is 1. The summed E-state index contributed by atoms with van der Waals surface area (Å²) in [6, 6.07) is 7.36. The maximum atomic E-state index is 12.1. The molecule has 1 heterocycles. The molecule has 0 saturated carbocycles. The predicted molar refractivity (Wildman–Crippen MR) is 75.0 cm³/mol. The topological polar surface area (TPSA) is 49.4 Å². The van der Waals surface area contributed by atoms with E-state index in [1.54, 1.807) is 4.90 Å². The van der Waals surface area contributed by atoms with Crippen LogP contribution in [0.5, 0.6) is 0 Å². The van der Waals surface area contributed by atoms with Gasteiger partial charge in [-0.05, 0) is 31.9 Å². The van der Waals surface area contributed by atoms with E-state index in [1.165, 1.54) is 0 Å². The minimum Gasteiger partial charge on any atom is -0.354 e. The van der Waals surface area contributed by atoms with Crippen molar-refractivity contribution in [3.8, 4) is 0 Å². The summed E-state index contributed by atoms with van der Waals surface area (Å²) in [5, 5.41) is 2.87. The van der Waals surface area contributed by atoms with Crippen LogP contribution >= 0.6 is 0 Å². The molecule has 1 aliphatic rings. The second kappa shape index (κ2) is 5.87. The van der Waals surface area contributed by atoms with Gasteiger partial charge in [0.2, 0.25) is 11.8 Å². The number of amides is 2. The van der Waals surface area contributed by atoms with Gasteiger partial charge < -0.3 is 5.32 Å². The van der Waals surface area contributed by atoms with Crippen LogP contribution in [0.3, 0.4) is 0 Å². The van der Waals surface area contributed by atoms with Gasteiger partial charge >= 0.3 is 0 Å². The van der Waals surface area contributed by atoms with Crippen LogP contribution in [-0.2, 0) is 9.59 Å². The highest BCUT2D eigenvalue weighted by molar-refractivity contribution is 6.03. The van der Waals surface area contributed by atoms with Crippen LogP contribution in [-0.4, -0.2) is 24.4 Å². The lowest BCUT2D eigenvalue weighted by molar-refractivity contribution is -0.123. The highest BCUT2D eigenvalue weighted by atomic mass is 16.2. The number of anilines is 1. The summed E-state index contributed by atoms with van der Waals surface area (Å²) >= 11 is 0. The molecular weight excluding hydrogens is 240 g/mol. The van der Waals surface area contributed by atoms with E-state index in [9.17, 15) is 9.59 Å². The van der Waals surface area contributed by atoms with Crippen LogP contribution < -0.4 is 10.2 Å². The van der Waals surface area contributed by atoms with Gasteiger partial charge in [0.25, 0.3) is 0 Å². The van der Waals surface area contributed by atoms with Crippen molar-refractivity contribution in [1.82, 2.24) is 5.32 Å². The van der Waals surface area contributed by atoms with Crippen molar-refractivity contribution in [1.29, 1.82) is 0 Å². The van der Waals surface area contributed by atoms with E-state index >= 15 is 0 Å². The number of benzene rings is 1. The van der Waals surface area contributed by atoms with Crippen molar-refractivity contribution in [3.63, 3.8) is 0 Å². The Bertz CT molecular complexity index is 468. The molecule has 2 rings (SSSR count). The van der Waals surface area contributed by atoms with E-state index < -0.39 is 0 Å². The van der Waals surface area contributed by atoms with Crippen molar-refractivity contribution in [2.45, 2.75) is 39.2 Å². The van der Waals surface area contributed by atoms with Crippen molar-refractivity contribution >= 4 is 17.5 Å². The number of carbonyl (C=O) groups is 2. The van der Waals surface area contributed by atoms with Gasteiger partial charge in [-0.15, -0.1) is 0 Å². The van der Waals surface area contributed by atoms with E-state index in [4.69, 9.17) is 0 Å². The van der Waals surface area contributed by atoms with Crippen LogP contribution in [0, 0.1) is 6.92 Å². The molecule has 102 valence electrons. The van der Waals surface area contributed by atoms with Gasteiger partial charge in [-0.25, -0.2) is 0 Å². The van der Waals surface area contributed by atoms with Crippen molar-refractivity contribution in [3.05, 3.63) is 29.8 Å². The Hall–Kier alpha value is -1.84. The van der Waals surface area contributed by atoms with Crippen LogP contribution in [0.2, 0.25) is 0 Å². The summed E-state index contributed by atoms with van der Waals surface area (Å²) in [5.41, 5.74) is 1.95. The third kappa shape index (κ3) is 2.95. The average Bonchev–Trinajstić information content (AvgIpc) is 2.79. The van der Waals surface area contributed by atoms with Crippen LogP contribution in [0.4, 0.5) is 5.69 Å². The zero-order valence-electron chi connectivity index (χ0n) is 11.5. The summed E-state index contributed by atoms with van der Waals surface area (Å²) in [4.78, 5) is 25.7. The third-order valence-electron chi connectivity index (χ3n) is 3.38. The standard InChI is InChI=1S/C15H20N2O2/c1-3-10-16-15(19)13-8-9-14(18)17(13)12-6-4-11(2)5-7-12/h4-7,13H,3,8-10H2,1-2H3,(H,16,19). The Morgan fingerprint density at radius 3 is 2.68 bits per heavy atom. The first-order valence-electron chi connectivity index (χ1n) is 6.80. The highest BCUT2D eigenvalue weighted by Crippen LogP contribution is 2.27. The third-order valence-corrected chi connectivity index (χ3v) is 3.38. The quantitative estimate of drug-likeness (QED) is 0.900. The monoisotopic (exact) mass is 260 g/mol. The molecule has 1 aromatic carbocycles. The van der Waals surface area contributed by atoms with Gasteiger partial charge in [-0.3, -0.25) is 14.5 Å². The minimum atomic E-state index is -0.359. The molecule has 1 aliphatic heterocycles. The van der Waals surface area contributed by atoms with Gasteiger partial charge in [-0.1, -0.05) is 24.6 Å². The lowest BCUT2D eigenvalue weighted by atomic mass is 10.1. The lowest BCUT2D eigenvalue weighted by Crippen LogP contribution is -2.45. The van der Waals surface area contributed by atoms with Gasteiger partial charge in [0.05, 0.1) is 0 Å². The van der Waals surface area contributed by atoms with Crippen LogP contribution in [0.15, 0.2) is 24.3 Å². The molecule has 0 spiro atoms. The molecule has 0 aliphatic carbocycles. The van der Waals surface area contributed by atoms with Gasteiger partial charge in [0, 0.05) is 18.7 Å². The number of rotatable bonds is 4. The zero-order valence-corrected chi connectivity index (χ0v) is 11.5. The maximum absolute atomic E-state index is 12.1. The predicted octanol–water partition coefficient (Wildman–Crippen LogP) is 2.02. The average molecular weight is 260 g/mol. The number of hydrogen-bond acceptors (Lipinski definition) is 2. The SMILES string of the molecule is CCCNC(=O)C1CCC(=O)N1c1ccc(C)cc1. The first kappa shape index (κ1) is 13.6. The molecule has 1 N–H and O–H groups in total. The summed E-state index contributed by atoms with van der Waals surface area (Å²) < 4.78 is 0. The smallest absolute Gasteiger partial charge is 0.243 e. The van der Waals surface area contributed by atoms with Crippen molar-refractivity contribution < 1.29 is 9.59 Å². The molecule has 0 aromatic heterocycles. The second-order valence-corrected chi connectivity index (χ2v) is 4.94. The Kier molecular flexibility index (Phi) is 4.20. The number of nitrogens with zero attached hydrogens (tertiary/aromatic N) is 1. The first-order valence-corrected chi connectivity index (χ1v) is 6.80. The minimum absolute atomic E-state index is 0.0282. The molecule has 0 bridgehead atoms. The van der Waals surface area contributed by atoms with E-state index in [1.807, 2.05) is 38.1 Å². The molecule has 1 atom stereocenters. The number of nitrogens with one attached hydrogen (secondary N) is 1. The lowest BCUT2D eigenvalue weighted by Gasteiger charge is -2.24. The molecule has 0 radical (unpaired) electrons. The van der Waals surface area contributed by atoms with Gasteiger partial charge in [0.1, 0.15) is 6.04 Å². The van der Waals surface area contributed by atoms with Gasteiger partial charge in [0.15, 0.2) is 0 Å². The van der Waals surface area contributed by atoms with E-state index in [0.717, 1.165) is 17.7 Å². The largest absolute Gasteiger partial charge is 0.354 e. The Balaban J connectivity index is 2.17. The second-order valence-electron chi connectivity index (χ2n) is 4.94. The highest BCUT2D eigenvalue weighted by Gasteiger charge is 2.36. The van der Waals surface area contributed by atoms with Gasteiger partial charge in [-0.2, -0.15) is 0 Å². The fourth-order valence-corrected chi connectivity index (χ4v) is 2.33. The normalized spacial score (nSPS) is 18.7. The fourth-order valence-electron chi connectivity index (χ4n) is 2.33. The Labute approximate surface area is 113 Å². The molecule has 19 heavy (non-hydrogen) atoms. The Morgan fingerprint density at radius 1 is 1.37 bits per heavy atom. The summed E-state index contributed by atoms with van der Waals surface area (Å²) in [7, 11) is 0. The van der Waals surface area contributed by atoms with E-state index in [2.05, 4.69) is 5.32 Å². The Morgan fingerprint density at radius 2 is 2.05 bits per heavy atom. The zero-order chi connectivity index (χ0) is 13.8. The number of aryl methyl sites for hydroxylation is 1. The summed E-state index contributed by atoms with van der Waals surface area (Å²) in [6.45, 7) is 4.67. The van der Waals surface area contributed by atoms with Crippen molar-refractivity contribution in [2.24, 2.45) is 0 Å². The molecule has 1 unspecified atom stereocenters. The molecule has 4 heteroatoms. The molecule has 4 nitrogen and oxygen atoms in total. The molecule has 1 aromatic rings. The van der Waals surface area contributed by atoms with Crippen LogP contribution in [0.25, 0.3) is 0 Å². The van der Waals surface area contributed by atoms with Crippen molar-refractivity contribution in [2.75, 3.05) is 11.4 Å².